The number of benzene rings is 1. The highest BCUT2D eigenvalue weighted by Gasteiger charge is 2.10. The number of terminal acetylenes is 1. The topological polar surface area (TPSA) is 69.6 Å². The zero-order chi connectivity index (χ0) is 14.3. The highest BCUT2D eigenvalue weighted by Crippen LogP contribution is 2.08. The third kappa shape index (κ3) is 4.36. The Morgan fingerprint density at radius 2 is 2.11 bits per heavy atom. The molecule has 2 amide bonds. The van der Waals surface area contributed by atoms with Gasteiger partial charge < -0.3 is 15.3 Å². The molecule has 0 saturated heterocycles. The van der Waals surface area contributed by atoms with E-state index in [1.165, 1.54) is 4.90 Å². The molecule has 0 saturated carbocycles. The van der Waals surface area contributed by atoms with Crippen LogP contribution in [0.15, 0.2) is 24.3 Å². The van der Waals surface area contributed by atoms with Gasteiger partial charge in [0.2, 0.25) is 0 Å². The summed E-state index contributed by atoms with van der Waals surface area (Å²) in [4.78, 5) is 23.9. The number of nitrogens with one attached hydrogen (secondary N) is 1. The Balaban J connectivity index is 2.52. The van der Waals surface area contributed by atoms with Gasteiger partial charge in [-0.2, -0.15) is 0 Å². The number of nitrogens with zero attached hydrogens (tertiary/aromatic N) is 1. The highest BCUT2D eigenvalue weighted by molar-refractivity contribution is 5.89. The van der Waals surface area contributed by atoms with Crippen molar-refractivity contribution in [3.63, 3.8) is 0 Å². The van der Waals surface area contributed by atoms with E-state index >= 15 is 0 Å². The van der Waals surface area contributed by atoms with Crippen molar-refractivity contribution in [2.24, 2.45) is 0 Å². The number of aromatic carboxylic acids is 1. The molecular formula is C14H16N2O3. The van der Waals surface area contributed by atoms with Crippen LogP contribution in [0, 0.1) is 12.3 Å². The van der Waals surface area contributed by atoms with Crippen LogP contribution in [0.2, 0.25) is 0 Å². The number of carbonyl (C=O) groups excluding carboxylic acids is 1. The molecule has 0 spiro atoms. The summed E-state index contributed by atoms with van der Waals surface area (Å²) >= 11 is 0. The van der Waals surface area contributed by atoms with Gasteiger partial charge in [-0.25, -0.2) is 9.59 Å². The maximum absolute atomic E-state index is 11.5. The fourth-order valence-corrected chi connectivity index (χ4v) is 1.59. The molecule has 0 aromatic heterocycles. The fourth-order valence-electron chi connectivity index (χ4n) is 1.59. The fraction of sp³-hybridized carbons (Fsp3) is 0.286. The Kier molecular flexibility index (Phi) is 5.42. The van der Waals surface area contributed by atoms with Crippen LogP contribution in [-0.2, 0) is 6.42 Å². The second-order valence-electron chi connectivity index (χ2n) is 4.00. The van der Waals surface area contributed by atoms with Crippen LogP contribution in [0.25, 0.3) is 0 Å². The van der Waals surface area contributed by atoms with Crippen LogP contribution in [-0.4, -0.2) is 42.1 Å². The van der Waals surface area contributed by atoms with Crippen molar-refractivity contribution in [3.8, 4) is 12.3 Å². The number of carbonyl (C=O) groups is 2. The normalized spacial score (nSPS) is 9.47. The zero-order valence-electron chi connectivity index (χ0n) is 10.7. The van der Waals surface area contributed by atoms with Gasteiger partial charge in [0.25, 0.3) is 0 Å². The molecule has 0 unspecified atom stereocenters. The number of amides is 2. The molecule has 0 aliphatic rings. The van der Waals surface area contributed by atoms with E-state index in [0.29, 0.717) is 18.5 Å². The maximum atomic E-state index is 11.5. The lowest BCUT2D eigenvalue weighted by molar-refractivity contribution is 0.0695. The average Bonchev–Trinajstić information content (AvgIpc) is 2.39. The molecule has 1 aromatic carbocycles. The van der Waals surface area contributed by atoms with Gasteiger partial charge in [0.15, 0.2) is 0 Å². The van der Waals surface area contributed by atoms with Crippen LogP contribution in [0.5, 0.6) is 0 Å². The quantitative estimate of drug-likeness (QED) is 0.782. The molecule has 0 aliphatic carbocycles. The second-order valence-corrected chi connectivity index (χ2v) is 4.00. The lowest BCUT2D eigenvalue weighted by atomic mass is 10.0. The van der Waals surface area contributed by atoms with Crippen molar-refractivity contribution in [3.05, 3.63) is 35.4 Å². The molecule has 2 N–H and O–H groups in total. The first kappa shape index (κ1) is 14.6. The van der Waals surface area contributed by atoms with E-state index in [9.17, 15) is 9.59 Å². The third-order valence-electron chi connectivity index (χ3n) is 2.59. The van der Waals surface area contributed by atoms with Crippen molar-refractivity contribution in [1.29, 1.82) is 0 Å². The summed E-state index contributed by atoms with van der Waals surface area (Å²) in [5.41, 5.74) is 0.948. The summed E-state index contributed by atoms with van der Waals surface area (Å²) in [6, 6.07) is 6.45. The summed E-state index contributed by atoms with van der Waals surface area (Å²) in [5, 5.41) is 11.7. The van der Waals surface area contributed by atoms with Crippen molar-refractivity contribution < 1.29 is 14.7 Å². The molecule has 0 bridgehead atoms. The molecule has 0 radical (unpaired) electrons. The molecule has 5 heteroatoms. The van der Waals surface area contributed by atoms with Crippen LogP contribution in [0.1, 0.15) is 15.9 Å². The number of hydrogen-bond donors (Lipinski definition) is 2. The summed E-state index contributed by atoms with van der Waals surface area (Å²) in [6.07, 6.45) is 5.56. The molecule has 0 atom stereocenters. The number of urea groups is 1. The van der Waals surface area contributed by atoms with Crippen LogP contribution in [0.4, 0.5) is 4.79 Å². The van der Waals surface area contributed by atoms with E-state index < -0.39 is 5.97 Å². The minimum atomic E-state index is -0.966. The van der Waals surface area contributed by atoms with Gasteiger partial charge in [0, 0.05) is 13.6 Å². The Labute approximate surface area is 112 Å². The molecule has 100 valence electrons. The van der Waals surface area contributed by atoms with Crippen molar-refractivity contribution >= 4 is 12.0 Å². The molecule has 0 aliphatic heterocycles. The molecular weight excluding hydrogens is 244 g/mol. The molecule has 19 heavy (non-hydrogen) atoms. The minimum absolute atomic E-state index is 0.234. The Morgan fingerprint density at radius 3 is 2.74 bits per heavy atom. The number of rotatable bonds is 5. The first-order valence-corrected chi connectivity index (χ1v) is 5.80. The largest absolute Gasteiger partial charge is 0.478 e. The molecule has 1 rings (SSSR count). The first-order valence-electron chi connectivity index (χ1n) is 5.80. The average molecular weight is 260 g/mol. The second kappa shape index (κ2) is 7.07. The molecule has 5 nitrogen and oxygen atoms in total. The summed E-state index contributed by atoms with van der Waals surface area (Å²) in [6.45, 7) is 0.593. The maximum Gasteiger partial charge on any atom is 0.335 e. The molecule has 0 heterocycles. The third-order valence-corrected chi connectivity index (χ3v) is 2.59. The lowest BCUT2D eigenvalue weighted by Crippen LogP contribution is -2.38. The smallest absolute Gasteiger partial charge is 0.335 e. The lowest BCUT2D eigenvalue weighted by Gasteiger charge is -2.15. The Bertz CT molecular complexity index is 506. The van der Waals surface area contributed by atoms with Crippen LogP contribution < -0.4 is 5.32 Å². The zero-order valence-corrected chi connectivity index (χ0v) is 10.7. The molecule has 1 aromatic rings. The highest BCUT2D eigenvalue weighted by atomic mass is 16.4. The van der Waals surface area contributed by atoms with Gasteiger partial charge in [-0.15, -0.1) is 6.42 Å². The monoisotopic (exact) mass is 260 g/mol. The van der Waals surface area contributed by atoms with Gasteiger partial charge in [0.05, 0.1) is 12.1 Å². The standard InChI is InChI=1S/C14H16N2O3/c1-3-10-16(2)14(19)15-9-8-11-6-4-5-7-12(11)13(17)18/h1,4-7H,8-10H2,2H3,(H,15,19)(H,17,18). The van der Waals surface area contributed by atoms with E-state index in [0.717, 1.165) is 0 Å². The van der Waals surface area contributed by atoms with Gasteiger partial charge in [-0.1, -0.05) is 24.1 Å². The predicted molar refractivity (Wildman–Crippen MR) is 72.0 cm³/mol. The van der Waals surface area contributed by atoms with Gasteiger partial charge in [0.1, 0.15) is 0 Å². The Hall–Kier alpha value is -2.48. The van der Waals surface area contributed by atoms with E-state index in [1.54, 1.807) is 31.3 Å². The van der Waals surface area contributed by atoms with E-state index in [4.69, 9.17) is 11.5 Å². The van der Waals surface area contributed by atoms with Crippen molar-refractivity contribution in [2.45, 2.75) is 6.42 Å². The van der Waals surface area contributed by atoms with Gasteiger partial charge >= 0.3 is 12.0 Å². The van der Waals surface area contributed by atoms with E-state index in [1.807, 2.05) is 0 Å². The van der Waals surface area contributed by atoms with Gasteiger partial charge in [-0.3, -0.25) is 0 Å². The van der Waals surface area contributed by atoms with Crippen molar-refractivity contribution in [1.82, 2.24) is 10.2 Å². The van der Waals surface area contributed by atoms with Crippen LogP contribution in [0.3, 0.4) is 0 Å². The summed E-state index contributed by atoms with van der Waals surface area (Å²) in [5.74, 6) is 1.40. The first-order chi connectivity index (χ1) is 9.06. The summed E-state index contributed by atoms with van der Waals surface area (Å²) < 4.78 is 0. The number of carboxylic acids is 1. The van der Waals surface area contributed by atoms with Crippen molar-refractivity contribution in [2.75, 3.05) is 20.1 Å². The SMILES string of the molecule is C#CCN(C)C(=O)NCCc1ccccc1C(=O)O. The van der Waals surface area contributed by atoms with E-state index in [-0.39, 0.29) is 18.1 Å². The van der Waals surface area contributed by atoms with E-state index in [2.05, 4.69) is 11.2 Å². The Morgan fingerprint density at radius 1 is 1.42 bits per heavy atom. The van der Waals surface area contributed by atoms with Gasteiger partial charge in [-0.05, 0) is 18.1 Å². The predicted octanol–water partition coefficient (Wildman–Crippen LogP) is 1.20. The number of hydrogen-bond acceptors (Lipinski definition) is 2. The van der Waals surface area contributed by atoms with Crippen LogP contribution >= 0.6 is 0 Å². The molecule has 0 fully saturated rings. The minimum Gasteiger partial charge on any atom is -0.478 e. The summed E-state index contributed by atoms with van der Waals surface area (Å²) in [7, 11) is 1.60. The number of carboxylic acid groups (broad SMARTS) is 1.